The first-order chi connectivity index (χ1) is 12.6. The van der Waals surface area contributed by atoms with E-state index in [0.29, 0.717) is 48.5 Å². The fourth-order valence-corrected chi connectivity index (χ4v) is 3.60. The van der Waals surface area contributed by atoms with Crippen LogP contribution in [0.2, 0.25) is 0 Å². The molecule has 1 aliphatic heterocycles. The van der Waals surface area contributed by atoms with E-state index in [-0.39, 0.29) is 18.3 Å². The van der Waals surface area contributed by atoms with Gasteiger partial charge in [-0.25, -0.2) is 0 Å². The second kappa shape index (κ2) is 11.9. The summed E-state index contributed by atoms with van der Waals surface area (Å²) in [6.45, 7) is 4.86. The third-order valence-corrected chi connectivity index (χ3v) is 5.21. The molecule has 27 heavy (non-hydrogen) atoms. The summed E-state index contributed by atoms with van der Waals surface area (Å²) >= 11 is 0. The van der Waals surface area contributed by atoms with Gasteiger partial charge in [-0.1, -0.05) is 6.92 Å². The van der Waals surface area contributed by atoms with Gasteiger partial charge in [0.15, 0.2) is 0 Å². The first-order valence-corrected chi connectivity index (χ1v) is 9.35. The topological polar surface area (TPSA) is 68.8 Å². The summed E-state index contributed by atoms with van der Waals surface area (Å²) in [6, 6.07) is 3.66. The van der Waals surface area contributed by atoms with Crippen LogP contribution in [0.4, 0.5) is 0 Å². The van der Waals surface area contributed by atoms with Crippen molar-refractivity contribution in [2.24, 2.45) is 11.8 Å². The Morgan fingerprint density at radius 1 is 1.15 bits per heavy atom. The number of piperidine rings is 1. The summed E-state index contributed by atoms with van der Waals surface area (Å²) in [5, 5.41) is 6.41. The molecule has 1 unspecified atom stereocenters. The molecule has 0 aromatic heterocycles. The molecule has 1 aliphatic rings. The van der Waals surface area contributed by atoms with E-state index in [0.717, 1.165) is 31.5 Å². The van der Waals surface area contributed by atoms with Crippen LogP contribution in [0.3, 0.4) is 0 Å². The maximum absolute atomic E-state index is 12.3. The van der Waals surface area contributed by atoms with E-state index >= 15 is 0 Å². The van der Waals surface area contributed by atoms with E-state index in [1.165, 1.54) is 0 Å². The third-order valence-electron chi connectivity index (χ3n) is 5.21. The number of hydrogen-bond donors (Lipinski definition) is 2. The van der Waals surface area contributed by atoms with E-state index in [2.05, 4.69) is 17.6 Å². The Labute approximate surface area is 168 Å². The van der Waals surface area contributed by atoms with Crippen molar-refractivity contribution in [3.05, 3.63) is 17.7 Å². The highest BCUT2D eigenvalue weighted by molar-refractivity contribution is 5.85. The fourth-order valence-electron chi connectivity index (χ4n) is 3.60. The summed E-state index contributed by atoms with van der Waals surface area (Å²) < 4.78 is 16.2. The predicted octanol–water partition coefficient (Wildman–Crippen LogP) is 2.82. The van der Waals surface area contributed by atoms with Gasteiger partial charge in [-0.3, -0.25) is 4.79 Å². The van der Waals surface area contributed by atoms with Gasteiger partial charge in [0.05, 0.1) is 21.3 Å². The van der Waals surface area contributed by atoms with E-state index in [1.54, 1.807) is 21.3 Å². The minimum Gasteiger partial charge on any atom is -0.496 e. The average Bonchev–Trinajstić information content (AvgIpc) is 2.68. The molecule has 154 valence electrons. The third kappa shape index (κ3) is 6.78. The zero-order valence-corrected chi connectivity index (χ0v) is 17.6. The normalized spacial score (nSPS) is 15.4. The van der Waals surface area contributed by atoms with Crippen molar-refractivity contribution in [3.63, 3.8) is 0 Å². The molecule has 2 N–H and O–H groups in total. The van der Waals surface area contributed by atoms with Crippen molar-refractivity contribution in [1.29, 1.82) is 0 Å². The number of nitrogens with one attached hydrogen (secondary N) is 2. The predicted molar refractivity (Wildman–Crippen MR) is 109 cm³/mol. The Balaban J connectivity index is 0.00000364. The molecule has 0 radical (unpaired) electrons. The number of rotatable bonds is 9. The van der Waals surface area contributed by atoms with E-state index in [4.69, 9.17) is 14.2 Å². The summed E-state index contributed by atoms with van der Waals surface area (Å²) in [5.74, 6) is 3.27. The second-order valence-corrected chi connectivity index (χ2v) is 6.88. The van der Waals surface area contributed by atoms with Crippen LogP contribution >= 0.6 is 12.4 Å². The van der Waals surface area contributed by atoms with Gasteiger partial charge in [0, 0.05) is 30.7 Å². The number of methoxy groups -OCH3 is 3. The van der Waals surface area contributed by atoms with Crippen LogP contribution < -0.4 is 24.8 Å². The molecule has 1 heterocycles. The molecular weight excluding hydrogens is 368 g/mol. The Hall–Kier alpha value is -1.66. The second-order valence-electron chi connectivity index (χ2n) is 6.88. The maximum atomic E-state index is 12.3. The lowest BCUT2D eigenvalue weighted by molar-refractivity contribution is -0.122. The number of halogens is 1. The highest BCUT2D eigenvalue weighted by atomic mass is 35.5. The minimum absolute atomic E-state index is 0. The molecule has 6 nitrogen and oxygen atoms in total. The molecule has 0 saturated carbocycles. The van der Waals surface area contributed by atoms with Crippen LogP contribution in [-0.2, 0) is 11.2 Å². The summed E-state index contributed by atoms with van der Waals surface area (Å²) in [5.41, 5.74) is 0.933. The summed E-state index contributed by atoms with van der Waals surface area (Å²) in [7, 11) is 4.85. The lowest BCUT2D eigenvalue weighted by Crippen LogP contribution is -2.34. The number of benzene rings is 1. The molecule has 1 amide bonds. The van der Waals surface area contributed by atoms with Crippen molar-refractivity contribution in [3.8, 4) is 17.2 Å². The molecule has 0 aliphatic carbocycles. The van der Waals surface area contributed by atoms with Crippen LogP contribution in [0, 0.1) is 11.8 Å². The lowest BCUT2D eigenvalue weighted by Gasteiger charge is -2.27. The maximum Gasteiger partial charge on any atom is 0.220 e. The van der Waals surface area contributed by atoms with Crippen LogP contribution in [0.15, 0.2) is 12.1 Å². The van der Waals surface area contributed by atoms with E-state index in [9.17, 15) is 4.79 Å². The molecule has 0 bridgehead atoms. The van der Waals surface area contributed by atoms with Gasteiger partial charge in [0.1, 0.15) is 17.2 Å². The fraction of sp³-hybridized carbons (Fsp3) is 0.650. The molecule has 0 spiro atoms. The first kappa shape index (κ1) is 23.4. The number of carbonyl (C=O) groups excluding carboxylic acids is 1. The zero-order valence-electron chi connectivity index (χ0n) is 16.8. The highest BCUT2D eigenvalue weighted by Crippen LogP contribution is 2.34. The number of hydrogen-bond acceptors (Lipinski definition) is 5. The van der Waals surface area contributed by atoms with Crippen molar-refractivity contribution in [2.45, 2.75) is 32.6 Å². The molecule has 1 saturated heterocycles. The molecule has 1 aromatic carbocycles. The van der Waals surface area contributed by atoms with Crippen LogP contribution in [0.25, 0.3) is 0 Å². The van der Waals surface area contributed by atoms with Gasteiger partial charge < -0.3 is 24.8 Å². The van der Waals surface area contributed by atoms with Gasteiger partial charge in [-0.05, 0) is 44.2 Å². The van der Waals surface area contributed by atoms with Crippen molar-refractivity contribution in [1.82, 2.24) is 10.6 Å². The zero-order chi connectivity index (χ0) is 18.9. The Bertz CT molecular complexity index is 566. The van der Waals surface area contributed by atoms with Gasteiger partial charge in [0.2, 0.25) is 5.91 Å². The van der Waals surface area contributed by atoms with E-state index < -0.39 is 0 Å². The lowest BCUT2D eigenvalue weighted by atomic mass is 9.84. The molecule has 1 atom stereocenters. The minimum atomic E-state index is 0. The molecule has 2 rings (SSSR count). The highest BCUT2D eigenvalue weighted by Gasteiger charge is 2.22. The van der Waals surface area contributed by atoms with Gasteiger partial charge in [-0.2, -0.15) is 0 Å². The van der Waals surface area contributed by atoms with Crippen molar-refractivity contribution in [2.75, 3.05) is 41.0 Å². The Morgan fingerprint density at radius 3 is 2.26 bits per heavy atom. The van der Waals surface area contributed by atoms with Crippen LogP contribution in [-0.4, -0.2) is 46.9 Å². The largest absolute Gasteiger partial charge is 0.496 e. The molecule has 1 aromatic rings. The number of carbonyl (C=O) groups is 1. The van der Waals surface area contributed by atoms with Gasteiger partial charge >= 0.3 is 0 Å². The first-order valence-electron chi connectivity index (χ1n) is 9.35. The SMILES string of the molecule is COc1cc(OC)c(CCNC(=O)CC(C)C2CCNCC2)c(OC)c1.Cl. The van der Waals surface area contributed by atoms with Crippen LogP contribution in [0.5, 0.6) is 17.2 Å². The average molecular weight is 401 g/mol. The van der Waals surface area contributed by atoms with Crippen molar-refractivity contribution >= 4 is 18.3 Å². The van der Waals surface area contributed by atoms with Gasteiger partial charge in [-0.15, -0.1) is 12.4 Å². The molecule has 1 fully saturated rings. The number of ether oxygens (including phenoxy) is 3. The Morgan fingerprint density at radius 2 is 1.74 bits per heavy atom. The quantitative estimate of drug-likeness (QED) is 0.667. The standard InChI is InChI=1S/C20H32N2O4.ClH/c1-14(15-5-8-21-9-6-15)11-20(23)22-10-7-17-18(25-3)12-16(24-2)13-19(17)26-4;/h12-15,21H,5-11H2,1-4H3,(H,22,23);1H. The molecular formula is C20H33ClN2O4. The molecule has 7 heteroatoms. The van der Waals surface area contributed by atoms with Crippen LogP contribution in [0.1, 0.15) is 31.7 Å². The smallest absolute Gasteiger partial charge is 0.220 e. The van der Waals surface area contributed by atoms with Crippen molar-refractivity contribution < 1.29 is 19.0 Å². The van der Waals surface area contributed by atoms with Gasteiger partial charge in [0.25, 0.3) is 0 Å². The summed E-state index contributed by atoms with van der Waals surface area (Å²) in [6.07, 6.45) is 3.55. The summed E-state index contributed by atoms with van der Waals surface area (Å²) in [4.78, 5) is 12.3. The number of amides is 1. The Kier molecular flexibility index (Phi) is 10.3. The van der Waals surface area contributed by atoms with E-state index in [1.807, 2.05) is 12.1 Å². The monoisotopic (exact) mass is 400 g/mol.